The molecule has 1 heterocycles. The largest absolute Gasteiger partial charge is 0.397 e. The van der Waals surface area contributed by atoms with E-state index in [2.05, 4.69) is 0 Å². The molecular formula is C20H14ClN3O2. The second kappa shape index (κ2) is 6.20. The summed E-state index contributed by atoms with van der Waals surface area (Å²) in [7, 11) is 0. The molecule has 26 heavy (non-hydrogen) atoms. The number of anilines is 1. The molecule has 2 N–H and O–H groups in total. The summed E-state index contributed by atoms with van der Waals surface area (Å²) in [6, 6.07) is 19.9. The Balaban J connectivity index is 2.05. The normalized spacial score (nSPS) is 11.0. The fourth-order valence-electron chi connectivity index (χ4n) is 3.11. The Bertz CT molecular complexity index is 1130. The fourth-order valence-corrected chi connectivity index (χ4v) is 3.23. The zero-order valence-electron chi connectivity index (χ0n) is 13.6. The van der Waals surface area contributed by atoms with Crippen molar-refractivity contribution in [3.05, 3.63) is 88.1 Å². The van der Waals surface area contributed by atoms with Crippen molar-refractivity contribution in [2.45, 2.75) is 0 Å². The second-order valence-electron chi connectivity index (χ2n) is 5.94. The molecule has 0 unspecified atom stereocenters. The van der Waals surface area contributed by atoms with Gasteiger partial charge in [0.1, 0.15) is 0 Å². The van der Waals surface area contributed by atoms with Gasteiger partial charge in [0.25, 0.3) is 5.69 Å². The van der Waals surface area contributed by atoms with Crippen LogP contribution in [-0.2, 0) is 0 Å². The zero-order valence-corrected chi connectivity index (χ0v) is 14.4. The number of nitro groups is 1. The molecule has 0 saturated carbocycles. The molecule has 0 aliphatic rings. The summed E-state index contributed by atoms with van der Waals surface area (Å²) >= 11 is 6.03. The maximum atomic E-state index is 11.2. The lowest BCUT2D eigenvalue weighted by Crippen LogP contribution is -2.02. The Morgan fingerprint density at radius 2 is 1.73 bits per heavy atom. The van der Waals surface area contributed by atoms with Crippen LogP contribution in [0.4, 0.5) is 11.4 Å². The number of halogens is 1. The van der Waals surface area contributed by atoms with Crippen molar-refractivity contribution >= 4 is 33.7 Å². The number of nitrogen functional groups attached to an aromatic ring is 1. The van der Waals surface area contributed by atoms with Crippen LogP contribution in [0.25, 0.3) is 27.7 Å². The number of hydrogen-bond donors (Lipinski definition) is 1. The summed E-state index contributed by atoms with van der Waals surface area (Å²) in [5, 5.41) is 13.9. The molecule has 5 nitrogen and oxygen atoms in total. The predicted molar refractivity (Wildman–Crippen MR) is 105 cm³/mol. The third-order valence-corrected chi connectivity index (χ3v) is 4.58. The lowest BCUT2D eigenvalue weighted by atomic mass is 10.1. The van der Waals surface area contributed by atoms with Crippen LogP contribution in [0.5, 0.6) is 0 Å². The van der Waals surface area contributed by atoms with Gasteiger partial charge >= 0.3 is 0 Å². The topological polar surface area (TPSA) is 74.1 Å². The molecule has 0 radical (unpaired) electrons. The summed E-state index contributed by atoms with van der Waals surface area (Å²) < 4.78 is 1.90. The van der Waals surface area contributed by atoms with E-state index in [1.54, 1.807) is 6.07 Å². The third kappa shape index (κ3) is 2.68. The molecule has 0 fully saturated rings. The number of rotatable bonds is 3. The van der Waals surface area contributed by atoms with Crippen molar-refractivity contribution in [2.75, 3.05) is 5.73 Å². The predicted octanol–water partition coefficient (Wildman–Crippen LogP) is 5.44. The van der Waals surface area contributed by atoms with Gasteiger partial charge in [-0.2, -0.15) is 0 Å². The monoisotopic (exact) mass is 363 g/mol. The third-order valence-electron chi connectivity index (χ3n) is 4.33. The average molecular weight is 364 g/mol. The molecule has 128 valence electrons. The first-order chi connectivity index (χ1) is 12.5. The van der Waals surface area contributed by atoms with Crippen LogP contribution in [-0.4, -0.2) is 9.49 Å². The van der Waals surface area contributed by atoms with Crippen molar-refractivity contribution in [3.63, 3.8) is 0 Å². The number of hydrogen-bond acceptors (Lipinski definition) is 3. The van der Waals surface area contributed by atoms with Gasteiger partial charge in [0.15, 0.2) is 0 Å². The first-order valence-corrected chi connectivity index (χ1v) is 8.33. The number of fused-ring (bicyclic) bond motifs is 1. The number of non-ortho nitro benzene ring substituents is 1. The van der Waals surface area contributed by atoms with Crippen molar-refractivity contribution in [1.29, 1.82) is 0 Å². The van der Waals surface area contributed by atoms with Gasteiger partial charge in [-0.1, -0.05) is 48.0 Å². The molecule has 0 aliphatic heterocycles. The number of nitro benzene ring substituents is 1. The van der Waals surface area contributed by atoms with E-state index in [-0.39, 0.29) is 5.69 Å². The molecule has 0 amide bonds. The number of nitrogens with zero attached hydrogens (tertiary/aromatic N) is 2. The van der Waals surface area contributed by atoms with E-state index < -0.39 is 4.92 Å². The standard InChI is InChI=1S/C20H14ClN3O2/c21-15-7-5-13(6-8-15)20-17-4-2-1-3-14(17)12-23(20)19-11-16(24(25)26)9-10-18(19)22/h1-12H,22H2. The van der Waals surface area contributed by atoms with Gasteiger partial charge < -0.3 is 10.3 Å². The number of aromatic nitrogens is 1. The van der Waals surface area contributed by atoms with Gasteiger partial charge in [-0.15, -0.1) is 0 Å². The minimum atomic E-state index is -0.423. The van der Waals surface area contributed by atoms with Crippen LogP contribution < -0.4 is 5.73 Å². The van der Waals surface area contributed by atoms with Crippen LogP contribution in [0.3, 0.4) is 0 Å². The van der Waals surface area contributed by atoms with Gasteiger partial charge in [-0.25, -0.2) is 0 Å². The minimum Gasteiger partial charge on any atom is -0.397 e. The van der Waals surface area contributed by atoms with Crippen LogP contribution >= 0.6 is 11.6 Å². The van der Waals surface area contributed by atoms with Crippen LogP contribution in [0.1, 0.15) is 0 Å². The van der Waals surface area contributed by atoms with E-state index >= 15 is 0 Å². The van der Waals surface area contributed by atoms with E-state index in [1.807, 2.05) is 59.3 Å². The highest BCUT2D eigenvalue weighted by Crippen LogP contribution is 2.36. The highest BCUT2D eigenvalue weighted by atomic mass is 35.5. The molecule has 4 rings (SSSR count). The quantitative estimate of drug-likeness (QED) is 0.299. The molecule has 0 saturated heterocycles. The van der Waals surface area contributed by atoms with Gasteiger partial charge in [-0.05, 0) is 23.8 Å². The van der Waals surface area contributed by atoms with E-state index in [4.69, 9.17) is 17.3 Å². The SMILES string of the molecule is Nc1ccc([N+](=O)[O-])cc1-n1cc2ccccc2c1-c1ccc(Cl)cc1. The van der Waals surface area contributed by atoms with E-state index in [0.717, 1.165) is 22.0 Å². The maximum Gasteiger partial charge on any atom is 0.271 e. The van der Waals surface area contributed by atoms with Crippen molar-refractivity contribution in [1.82, 2.24) is 4.57 Å². The Labute approximate surface area is 154 Å². The van der Waals surface area contributed by atoms with E-state index in [0.29, 0.717) is 16.4 Å². The Morgan fingerprint density at radius 1 is 1.00 bits per heavy atom. The van der Waals surface area contributed by atoms with Crippen molar-refractivity contribution in [2.24, 2.45) is 0 Å². The molecule has 0 atom stereocenters. The molecule has 0 bridgehead atoms. The lowest BCUT2D eigenvalue weighted by Gasteiger charge is -2.12. The summed E-state index contributed by atoms with van der Waals surface area (Å²) in [6.45, 7) is 0. The highest BCUT2D eigenvalue weighted by molar-refractivity contribution is 6.30. The van der Waals surface area contributed by atoms with Crippen LogP contribution in [0, 0.1) is 10.1 Å². The average Bonchev–Trinajstić information content (AvgIpc) is 3.02. The minimum absolute atomic E-state index is 0.00554. The second-order valence-corrected chi connectivity index (χ2v) is 6.38. The lowest BCUT2D eigenvalue weighted by molar-refractivity contribution is -0.384. The van der Waals surface area contributed by atoms with E-state index in [1.165, 1.54) is 12.1 Å². The van der Waals surface area contributed by atoms with Crippen molar-refractivity contribution < 1.29 is 4.92 Å². The Kier molecular flexibility index (Phi) is 3.86. The smallest absolute Gasteiger partial charge is 0.271 e. The molecule has 1 aromatic heterocycles. The van der Waals surface area contributed by atoms with E-state index in [9.17, 15) is 10.1 Å². The first-order valence-electron chi connectivity index (χ1n) is 7.95. The molecule has 0 aliphatic carbocycles. The number of nitrogens with two attached hydrogens (primary N) is 1. The van der Waals surface area contributed by atoms with Gasteiger partial charge in [-0.3, -0.25) is 10.1 Å². The summed E-state index contributed by atoms with van der Waals surface area (Å²) in [4.78, 5) is 10.8. The summed E-state index contributed by atoms with van der Waals surface area (Å²) in [6.07, 6.45) is 1.94. The van der Waals surface area contributed by atoms with Crippen LogP contribution in [0.2, 0.25) is 5.02 Å². The highest BCUT2D eigenvalue weighted by Gasteiger charge is 2.17. The molecule has 6 heteroatoms. The van der Waals surface area contributed by atoms with Crippen LogP contribution in [0.15, 0.2) is 72.9 Å². The summed E-state index contributed by atoms with van der Waals surface area (Å²) in [5.74, 6) is 0. The first kappa shape index (κ1) is 16.2. The summed E-state index contributed by atoms with van der Waals surface area (Å²) in [5.41, 5.74) is 9.03. The number of benzene rings is 3. The zero-order chi connectivity index (χ0) is 18.3. The van der Waals surface area contributed by atoms with Gasteiger partial charge in [0.05, 0.1) is 22.0 Å². The Hall–Kier alpha value is -3.31. The fraction of sp³-hybridized carbons (Fsp3) is 0. The van der Waals surface area contributed by atoms with Crippen molar-refractivity contribution in [3.8, 4) is 16.9 Å². The molecule has 4 aromatic rings. The van der Waals surface area contributed by atoms with Gasteiger partial charge in [0.2, 0.25) is 0 Å². The van der Waals surface area contributed by atoms with Gasteiger partial charge in [0, 0.05) is 34.1 Å². The molecular weight excluding hydrogens is 350 g/mol. The molecule has 0 spiro atoms. The Morgan fingerprint density at radius 3 is 2.46 bits per heavy atom. The maximum absolute atomic E-state index is 11.2. The molecule has 3 aromatic carbocycles.